The third kappa shape index (κ3) is 3.09. The number of rotatable bonds is 3. The van der Waals surface area contributed by atoms with Gasteiger partial charge in [0, 0.05) is 37.2 Å². The van der Waals surface area contributed by atoms with E-state index in [2.05, 4.69) is 17.2 Å². The molecule has 1 fully saturated rings. The van der Waals surface area contributed by atoms with E-state index in [1.165, 1.54) is 0 Å². The highest BCUT2D eigenvalue weighted by atomic mass is 16.5. The molecule has 1 aromatic heterocycles. The number of nitrogens with one attached hydrogen (secondary N) is 1. The van der Waals surface area contributed by atoms with E-state index in [0.717, 1.165) is 43.1 Å². The molecule has 1 aliphatic heterocycles. The van der Waals surface area contributed by atoms with Gasteiger partial charge in [-0.05, 0) is 38.2 Å². The quantitative estimate of drug-likeness (QED) is 0.843. The maximum Gasteiger partial charge on any atom is 0.128 e. The number of hydrogen-bond acceptors (Lipinski definition) is 4. The molecule has 2 rings (SSSR count). The summed E-state index contributed by atoms with van der Waals surface area (Å²) in [7, 11) is 0. The summed E-state index contributed by atoms with van der Waals surface area (Å²) >= 11 is 0. The van der Waals surface area contributed by atoms with Gasteiger partial charge in [0.25, 0.3) is 0 Å². The maximum absolute atomic E-state index is 5.87. The highest BCUT2D eigenvalue weighted by Gasteiger charge is 2.20. The van der Waals surface area contributed by atoms with Crippen molar-refractivity contribution in [1.82, 2.24) is 4.98 Å². The molecular formula is C13H21N3O. The van der Waals surface area contributed by atoms with Gasteiger partial charge in [-0.2, -0.15) is 0 Å². The van der Waals surface area contributed by atoms with Crippen LogP contribution < -0.4 is 11.1 Å². The topological polar surface area (TPSA) is 60.2 Å². The second-order valence-electron chi connectivity index (χ2n) is 4.81. The maximum atomic E-state index is 5.87. The standard InChI is InChI=1S/C13H21N3O/c1-9-8-15-13(7-12(9)14)16-10(2)11-3-5-17-6-4-11/h7-8,10-11H,3-6H2,1-2H3,(H3,14,15,16). The van der Waals surface area contributed by atoms with E-state index >= 15 is 0 Å². The highest BCUT2D eigenvalue weighted by Crippen LogP contribution is 2.22. The van der Waals surface area contributed by atoms with Crippen molar-refractivity contribution in [2.24, 2.45) is 5.92 Å². The van der Waals surface area contributed by atoms with E-state index in [9.17, 15) is 0 Å². The molecule has 1 aromatic rings. The minimum Gasteiger partial charge on any atom is -0.398 e. The molecule has 1 saturated heterocycles. The molecule has 0 spiro atoms. The van der Waals surface area contributed by atoms with Crippen molar-refractivity contribution in [3.8, 4) is 0 Å². The molecule has 17 heavy (non-hydrogen) atoms. The van der Waals surface area contributed by atoms with Gasteiger partial charge in [-0.25, -0.2) is 4.98 Å². The summed E-state index contributed by atoms with van der Waals surface area (Å²) < 4.78 is 5.37. The predicted octanol–water partition coefficient (Wildman–Crippen LogP) is 2.20. The Morgan fingerprint density at radius 1 is 1.47 bits per heavy atom. The Morgan fingerprint density at radius 3 is 2.82 bits per heavy atom. The molecule has 4 nitrogen and oxygen atoms in total. The number of aryl methyl sites for hydroxylation is 1. The normalized spacial score (nSPS) is 18.9. The largest absolute Gasteiger partial charge is 0.398 e. The minimum atomic E-state index is 0.411. The molecule has 0 amide bonds. The lowest BCUT2D eigenvalue weighted by Crippen LogP contribution is -2.31. The zero-order valence-electron chi connectivity index (χ0n) is 10.6. The molecular weight excluding hydrogens is 214 g/mol. The van der Waals surface area contributed by atoms with Gasteiger partial charge in [0.1, 0.15) is 5.82 Å². The van der Waals surface area contributed by atoms with Gasteiger partial charge in [-0.1, -0.05) is 0 Å². The Morgan fingerprint density at radius 2 is 2.18 bits per heavy atom. The monoisotopic (exact) mass is 235 g/mol. The van der Waals surface area contributed by atoms with Gasteiger partial charge in [0.05, 0.1) is 0 Å². The fraction of sp³-hybridized carbons (Fsp3) is 0.615. The van der Waals surface area contributed by atoms with Crippen LogP contribution in [0.3, 0.4) is 0 Å². The SMILES string of the molecule is Cc1cnc(NC(C)C2CCOCC2)cc1N. The highest BCUT2D eigenvalue weighted by molar-refractivity contribution is 5.53. The first-order chi connectivity index (χ1) is 8.16. The van der Waals surface area contributed by atoms with Crippen molar-refractivity contribution < 1.29 is 4.74 Å². The Kier molecular flexibility index (Phi) is 3.84. The first-order valence-electron chi connectivity index (χ1n) is 6.23. The third-order valence-corrected chi connectivity index (χ3v) is 3.49. The van der Waals surface area contributed by atoms with Crippen LogP contribution in [-0.4, -0.2) is 24.2 Å². The van der Waals surface area contributed by atoms with Gasteiger partial charge in [0.2, 0.25) is 0 Å². The molecule has 2 heterocycles. The summed E-state index contributed by atoms with van der Waals surface area (Å²) in [4.78, 5) is 4.35. The Hall–Kier alpha value is -1.29. The lowest BCUT2D eigenvalue weighted by molar-refractivity contribution is 0.0622. The fourth-order valence-electron chi connectivity index (χ4n) is 2.19. The summed E-state index contributed by atoms with van der Waals surface area (Å²) in [6, 6.07) is 2.32. The molecule has 94 valence electrons. The first kappa shape index (κ1) is 12.2. The molecule has 1 atom stereocenters. The number of pyridine rings is 1. The Bertz CT molecular complexity index is 375. The Balaban J connectivity index is 1.96. The zero-order valence-corrected chi connectivity index (χ0v) is 10.6. The van der Waals surface area contributed by atoms with Crippen LogP contribution in [0.2, 0.25) is 0 Å². The van der Waals surface area contributed by atoms with Crippen LogP contribution in [0.4, 0.5) is 11.5 Å². The van der Waals surface area contributed by atoms with Gasteiger partial charge < -0.3 is 15.8 Å². The van der Waals surface area contributed by atoms with Gasteiger partial charge in [0.15, 0.2) is 0 Å². The van der Waals surface area contributed by atoms with Crippen LogP contribution in [0, 0.1) is 12.8 Å². The first-order valence-corrected chi connectivity index (χ1v) is 6.23. The van der Waals surface area contributed by atoms with Crippen molar-refractivity contribution in [3.05, 3.63) is 17.8 Å². The molecule has 1 unspecified atom stereocenters. The molecule has 0 bridgehead atoms. The number of nitrogen functional groups attached to an aromatic ring is 1. The van der Waals surface area contributed by atoms with Crippen molar-refractivity contribution >= 4 is 11.5 Å². The average Bonchev–Trinajstić information content (AvgIpc) is 2.35. The number of hydrogen-bond donors (Lipinski definition) is 2. The van der Waals surface area contributed by atoms with Crippen molar-refractivity contribution in [2.75, 3.05) is 24.3 Å². The smallest absolute Gasteiger partial charge is 0.128 e. The Labute approximate surface area is 103 Å². The van der Waals surface area contributed by atoms with Gasteiger partial charge in [-0.3, -0.25) is 0 Å². The van der Waals surface area contributed by atoms with Crippen LogP contribution >= 0.6 is 0 Å². The van der Waals surface area contributed by atoms with Crippen LogP contribution in [0.15, 0.2) is 12.3 Å². The summed E-state index contributed by atoms with van der Waals surface area (Å²) in [5.74, 6) is 1.53. The van der Waals surface area contributed by atoms with Crippen molar-refractivity contribution in [1.29, 1.82) is 0 Å². The lowest BCUT2D eigenvalue weighted by Gasteiger charge is -2.28. The second kappa shape index (κ2) is 5.36. The molecule has 0 aliphatic carbocycles. The zero-order chi connectivity index (χ0) is 12.3. The van der Waals surface area contributed by atoms with Crippen molar-refractivity contribution in [3.63, 3.8) is 0 Å². The van der Waals surface area contributed by atoms with Crippen LogP contribution in [0.1, 0.15) is 25.3 Å². The number of nitrogens with two attached hydrogens (primary N) is 1. The number of nitrogens with zero attached hydrogens (tertiary/aromatic N) is 1. The minimum absolute atomic E-state index is 0.411. The van der Waals surface area contributed by atoms with Crippen molar-refractivity contribution in [2.45, 2.75) is 32.7 Å². The summed E-state index contributed by atoms with van der Waals surface area (Å²) in [5.41, 5.74) is 7.69. The number of aromatic nitrogens is 1. The molecule has 3 N–H and O–H groups in total. The predicted molar refractivity (Wildman–Crippen MR) is 70.0 cm³/mol. The van der Waals surface area contributed by atoms with E-state index in [0.29, 0.717) is 12.0 Å². The van der Waals surface area contributed by atoms with Crippen LogP contribution in [-0.2, 0) is 4.74 Å². The number of ether oxygens (including phenoxy) is 1. The molecule has 4 heteroatoms. The fourth-order valence-corrected chi connectivity index (χ4v) is 2.19. The average molecular weight is 235 g/mol. The molecule has 1 aliphatic rings. The van der Waals surface area contributed by atoms with E-state index in [1.54, 1.807) is 0 Å². The second-order valence-corrected chi connectivity index (χ2v) is 4.81. The van der Waals surface area contributed by atoms with E-state index in [-0.39, 0.29) is 0 Å². The lowest BCUT2D eigenvalue weighted by atomic mass is 9.93. The summed E-state index contributed by atoms with van der Waals surface area (Å²) in [6.07, 6.45) is 4.05. The van der Waals surface area contributed by atoms with E-state index in [4.69, 9.17) is 10.5 Å². The van der Waals surface area contributed by atoms with Gasteiger partial charge >= 0.3 is 0 Å². The molecule has 0 aromatic carbocycles. The van der Waals surface area contributed by atoms with Crippen LogP contribution in [0.5, 0.6) is 0 Å². The summed E-state index contributed by atoms with van der Waals surface area (Å²) in [6.45, 7) is 5.92. The summed E-state index contributed by atoms with van der Waals surface area (Å²) in [5, 5.41) is 3.43. The third-order valence-electron chi connectivity index (χ3n) is 3.49. The number of anilines is 2. The van der Waals surface area contributed by atoms with Gasteiger partial charge in [-0.15, -0.1) is 0 Å². The van der Waals surface area contributed by atoms with Crippen LogP contribution in [0.25, 0.3) is 0 Å². The van der Waals surface area contributed by atoms with E-state index in [1.807, 2.05) is 19.2 Å². The molecule has 0 saturated carbocycles. The molecule has 0 radical (unpaired) electrons. The van der Waals surface area contributed by atoms with E-state index < -0.39 is 0 Å².